The van der Waals surface area contributed by atoms with Crippen LogP contribution in [-0.4, -0.2) is 30.1 Å². The molecule has 2 unspecified atom stereocenters. The molecule has 1 aromatic carbocycles. The third kappa shape index (κ3) is 2.62. The van der Waals surface area contributed by atoms with E-state index in [4.69, 9.17) is 0 Å². The van der Waals surface area contributed by atoms with Crippen LogP contribution in [0.5, 0.6) is 0 Å². The molecule has 1 aliphatic rings. The predicted octanol–water partition coefficient (Wildman–Crippen LogP) is 2.85. The van der Waals surface area contributed by atoms with Crippen molar-refractivity contribution in [3.05, 3.63) is 28.7 Å². The van der Waals surface area contributed by atoms with Crippen LogP contribution in [0.3, 0.4) is 0 Å². The van der Waals surface area contributed by atoms with E-state index in [-0.39, 0.29) is 0 Å². The van der Waals surface area contributed by atoms with E-state index in [0.717, 1.165) is 23.1 Å². The molecule has 1 aliphatic heterocycles. The highest BCUT2D eigenvalue weighted by Crippen LogP contribution is 2.29. The van der Waals surface area contributed by atoms with Gasteiger partial charge in [-0.15, -0.1) is 0 Å². The quantitative estimate of drug-likeness (QED) is 0.911. The zero-order valence-electron chi connectivity index (χ0n) is 10.1. The number of likely N-dealkylation sites (N-methyl/N-ethyl adjacent to an activating group) is 1. The van der Waals surface area contributed by atoms with Gasteiger partial charge >= 0.3 is 0 Å². The molecule has 4 heteroatoms. The maximum absolute atomic E-state index is 9.43. The summed E-state index contributed by atoms with van der Waals surface area (Å²) in [7, 11) is 2.06. The largest absolute Gasteiger partial charge is 0.366 e. The molecule has 1 heterocycles. The lowest BCUT2D eigenvalue weighted by Gasteiger charge is -2.23. The molecule has 1 saturated heterocycles. The summed E-state index contributed by atoms with van der Waals surface area (Å²) in [5, 5.41) is 12.8. The maximum atomic E-state index is 9.43. The second kappa shape index (κ2) is 4.67. The minimum absolute atomic E-state index is 0.439. The van der Waals surface area contributed by atoms with E-state index in [1.807, 2.05) is 24.3 Å². The number of halogens is 1. The maximum Gasteiger partial charge on any atom is 0.139 e. The van der Waals surface area contributed by atoms with E-state index in [9.17, 15) is 5.26 Å². The number of nitrogens with one attached hydrogen (secondary N) is 1. The van der Waals surface area contributed by atoms with E-state index in [2.05, 4.69) is 46.2 Å². The van der Waals surface area contributed by atoms with Crippen molar-refractivity contribution in [2.75, 3.05) is 18.9 Å². The Hall–Kier alpha value is -1.05. The monoisotopic (exact) mass is 293 g/mol. The zero-order valence-corrected chi connectivity index (χ0v) is 11.7. The lowest BCUT2D eigenvalue weighted by atomic mass is 9.98. The van der Waals surface area contributed by atoms with Gasteiger partial charge in [-0.05, 0) is 32.2 Å². The number of anilines is 1. The molecular weight excluding hydrogens is 278 g/mol. The number of benzene rings is 1. The highest BCUT2D eigenvalue weighted by atomic mass is 79.9. The standard InChI is InChI=1S/C13H16BrN3/c1-10-7-13(8-15,9-17(10)2)16-12-5-3-4-11(14)6-12/h3-6,10,16H,7,9H2,1-2H3. The van der Waals surface area contributed by atoms with Crippen molar-refractivity contribution >= 4 is 21.6 Å². The molecule has 90 valence electrons. The van der Waals surface area contributed by atoms with Gasteiger partial charge in [-0.3, -0.25) is 0 Å². The molecule has 2 atom stereocenters. The van der Waals surface area contributed by atoms with Crippen LogP contribution in [0.1, 0.15) is 13.3 Å². The summed E-state index contributed by atoms with van der Waals surface area (Å²) >= 11 is 3.44. The summed E-state index contributed by atoms with van der Waals surface area (Å²) in [5.41, 5.74) is 0.526. The van der Waals surface area contributed by atoms with Crippen LogP contribution in [0.2, 0.25) is 0 Å². The fourth-order valence-electron chi connectivity index (χ4n) is 2.35. The van der Waals surface area contributed by atoms with Gasteiger partial charge in [0.25, 0.3) is 0 Å². The van der Waals surface area contributed by atoms with Crippen molar-refractivity contribution in [1.82, 2.24) is 4.90 Å². The Labute approximate surface area is 111 Å². The first-order valence-electron chi connectivity index (χ1n) is 5.70. The molecule has 0 spiro atoms. The van der Waals surface area contributed by atoms with Crippen LogP contribution in [0, 0.1) is 11.3 Å². The van der Waals surface area contributed by atoms with Crippen molar-refractivity contribution in [2.45, 2.75) is 24.9 Å². The number of nitrogens with zero attached hydrogens (tertiary/aromatic N) is 2. The smallest absolute Gasteiger partial charge is 0.139 e. The van der Waals surface area contributed by atoms with Gasteiger partial charge in [0.15, 0.2) is 0 Å². The average molecular weight is 294 g/mol. The Morgan fingerprint density at radius 1 is 1.59 bits per heavy atom. The van der Waals surface area contributed by atoms with Crippen LogP contribution in [0.25, 0.3) is 0 Å². The summed E-state index contributed by atoms with van der Waals surface area (Å²) < 4.78 is 1.02. The van der Waals surface area contributed by atoms with Crippen molar-refractivity contribution in [2.24, 2.45) is 0 Å². The molecule has 0 saturated carbocycles. The van der Waals surface area contributed by atoms with E-state index < -0.39 is 5.54 Å². The normalized spacial score (nSPS) is 28.9. The van der Waals surface area contributed by atoms with Crippen molar-refractivity contribution in [3.63, 3.8) is 0 Å². The molecule has 1 aromatic rings. The van der Waals surface area contributed by atoms with Crippen LogP contribution in [0.15, 0.2) is 28.7 Å². The van der Waals surface area contributed by atoms with Crippen molar-refractivity contribution in [1.29, 1.82) is 5.26 Å². The molecule has 0 aromatic heterocycles. The number of rotatable bonds is 2. The van der Waals surface area contributed by atoms with Gasteiger partial charge in [-0.1, -0.05) is 22.0 Å². The Bertz CT molecular complexity index is 442. The Kier molecular flexibility index (Phi) is 3.41. The van der Waals surface area contributed by atoms with Crippen molar-refractivity contribution in [3.8, 4) is 6.07 Å². The third-order valence-corrected chi connectivity index (χ3v) is 3.83. The molecule has 0 aliphatic carbocycles. The molecule has 0 bridgehead atoms. The van der Waals surface area contributed by atoms with Gasteiger partial charge < -0.3 is 10.2 Å². The molecule has 0 radical (unpaired) electrons. The Morgan fingerprint density at radius 2 is 2.35 bits per heavy atom. The summed E-state index contributed by atoms with van der Waals surface area (Å²) in [6.45, 7) is 2.92. The van der Waals surface area contributed by atoms with Gasteiger partial charge in [-0.2, -0.15) is 5.26 Å². The van der Waals surface area contributed by atoms with Gasteiger partial charge in [0, 0.05) is 29.2 Å². The number of hydrogen-bond acceptors (Lipinski definition) is 3. The first-order chi connectivity index (χ1) is 8.04. The molecule has 3 nitrogen and oxygen atoms in total. The topological polar surface area (TPSA) is 39.1 Å². The van der Waals surface area contributed by atoms with E-state index in [0.29, 0.717) is 6.04 Å². The minimum atomic E-state index is -0.463. The van der Waals surface area contributed by atoms with E-state index >= 15 is 0 Å². The molecule has 1 fully saturated rings. The fraction of sp³-hybridized carbons (Fsp3) is 0.462. The first kappa shape index (κ1) is 12.4. The summed E-state index contributed by atoms with van der Waals surface area (Å²) in [5.74, 6) is 0. The third-order valence-electron chi connectivity index (χ3n) is 3.34. The Morgan fingerprint density at radius 3 is 2.88 bits per heavy atom. The Balaban J connectivity index is 2.19. The van der Waals surface area contributed by atoms with Crippen LogP contribution >= 0.6 is 15.9 Å². The van der Waals surface area contributed by atoms with Gasteiger partial charge in [0.1, 0.15) is 5.54 Å². The minimum Gasteiger partial charge on any atom is -0.366 e. The van der Waals surface area contributed by atoms with E-state index in [1.54, 1.807) is 0 Å². The van der Waals surface area contributed by atoms with E-state index in [1.165, 1.54) is 0 Å². The summed E-state index contributed by atoms with van der Waals surface area (Å²) in [4.78, 5) is 2.22. The second-order valence-electron chi connectivity index (χ2n) is 4.80. The van der Waals surface area contributed by atoms with Crippen molar-refractivity contribution < 1.29 is 0 Å². The van der Waals surface area contributed by atoms with Gasteiger partial charge in [-0.25, -0.2) is 0 Å². The van der Waals surface area contributed by atoms with Gasteiger partial charge in [0.05, 0.1) is 6.07 Å². The summed E-state index contributed by atoms with van der Waals surface area (Å²) in [6.07, 6.45) is 0.854. The lowest BCUT2D eigenvalue weighted by Crippen LogP contribution is -2.39. The predicted molar refractivity (Wildman–Crippen MR) is 72.8 cm³/mol. The highest BCUT2D eigenvalue weighted by Gasteiger charge is 2.41. The van der Waals surface area contributed by atoms with Gasteiger partial charge in [0.2, 0.25) is 0 Å². The molecule has 17 heavy (non-hydrogen) atoms. The summed E-state index contributed by atoms with van der Waals surface area (Å²) in [6, 6.07) is 10.8. The second-order valence-corrected chi connectivity index (χ2v) is 5.71. The lowest BCUT2D eigenvalue weighted by molar-refractivity contribution is 0.327. The SMILES string of the molecule is CC1CC(C#N)(Nc2cccc(Br)c2)CN1C. The zero-order chi connectivity index (χ0) is 12.5. The average Bonchev–Trinajstić information content (AvgIpc) is 2.55. The molecule has 2 rings (SSSR count). The number of hydrogen-bond donors (Lipinski definition) is 1. The first-order valence-corrected chi connectivity index (χ1v) is 6.49. The number of likely N-dealkylation sites (tertiary alicyclic amines) is 1. The molecule has 0 amide bonds. The van der Waals surface area contributed by atoms with Crippen LogP contribution in [-0.2, 0) is 0 Å². The van der Waals surface area contributed by atoms with Crippen LogP contribution in [0.4, 0.5) is 5.69 Å². The molecular formula is C13H16BrN3. The van der Waals surface area contributed by atoms with Crippen LogP contribution < -0.4 is 5.32 Å². The number of nitriles is 1. The fourth-order valence-corrected chi connectivity index (χ4v) is 2.75. The molecule has 1 N–H and O–H groups in total. The highest BCUT2D eigenvalue weighted by molar-refractivity contribution is 9.10.